The lowest BCUT2D eigenvalue weighted by Crippen LogP contribution is -2.46. The second-order valence-corrected chi connectivity index (χ2v) is 9.70. The van der Waals surface area contributed by atoms with Crippen LogP contribution >= 0.6 is 0 Å². The second kappa shape index (κ2) is 11.4. The first kappa shape index (κ1) is 24.7. The molecule has 5 rings (SSSR count). The van der Waals surface area contributed by atoms with Gasteiger partial charge in [0.05, 0.1) is 24.1 Å². The van der Waals surface area contributed by atoms with Gasteiger partial charge < -0.3 is 15.5 Å². The number of allylic oxidation sites excluding steroid dienone is 2. The number of hydrogen-bond acceptors (Lipinski definition) is 9. The van der Waals surface area contributed by atoms with E-state index in [4.69, 9.17) is 15.1 Å². The van der Waals surface area contributed by atoms with Gasteiger partial charge >= 0.3 is 0 Å². The van der Waals surface area contributed by atoms with Crippen molar-refractivity contribution in [1.82, 2.24) is 29.7 Å². The molecule has 3 aromatic heterocycles. The third kappa shape index (κ3) is 5.87. The van der Waals surface area contributed by atoms with E-state index in [0.29, 0.717) is 17.5 Å². The molecule has 190 valence electrons. The zero-order valence-electron chi connectivity index (χ0n) is 20.9. The normalized spacial score (nSPS) is 18.2. The molecule has 1 saturated heterocycles. The van der Waals surface area contributed by atoms with E-state index in [1.54, 1.807) is 13.1 Å². The summed E-state index contributed by atoms with van der Waals surface area (Å²) in [6.45, 7) is 7.53. The number of nitrogens with one attached hydrogen (secondary N) is 1. The van der Waals surface area contributed by atoms with E-state index in [0.717, 1.165) is 80.7 Å². The summed E-state index contributed by atoms with van der Waals surface area (Å²) in [6.07, 6.45) is 9.63. The molecular formula is C27H35N7O2. The Morgan fingerprint density at radius 3 is 2.56 bits per heavy atom. The molecule has 0 amide bonds. The van der Waals surface area contributed by atoms with Crippen LogP contribution in [0.1, 0.15) is 55.7 Å². The average molecular weight is 490 g/mol. The zero-order valence-corrected chi connectivity index (χ0v) is 20.9. The van der Waals surface area contributed by atoms with Gasteiger partial charge in [0.25, 0.3) is 0 Å². The van der Waals surface area contributed by atoms with Gasteiger partial charge in [-0.2, -0.15) is 0 Å². The van der Waals surface area contributed by atoms with Crippen LogP contribution in [0.5, 0.6) is 0 Å². The maximum Gasteiger partial charge on any atom is 0.228 e. The minimum Gasteiger partial charge on any atom is -0.395 e. The lowest BCUT2D eigenvalue weighted by atomic mass is 9.95. The van der Waals surface area contributed by atoms with Crippen molar-refractivity contribution >= 4 is 28.2 Å². The molecule has 36 heavy (non-hydrogen) atoms. The molecule has 1 unspecified atom stereocenters. The largest absolute Gasteiger partial charge is 0.395 e. The molecule has 2 aliphatic rings. The highest BCUT2D eigenvalue weighted by Gasteiger charge is 2.18. The molecule has 0 bridgehead atoms. The Morgan fingerprint density at radius 1 is 1.03 bits per heavy atom. The maximum absolute atomic E-state index is 10.2. The number of rotatable bonds is 8. The monoisotopic (exact) mass is 489 g/mol. The van der Waals surface area contributed by atoms with Gasteiger partial charge in [0.15, 0.2) is 0 Å². The number of β-amino-alcohol motifs (C(OH)–C–C–N with tert-alkyl or cyclic N) is 1. The minimum atomic E-state index is -0.651. The Kier molecular flexibility index (Phi) is 7.81. The number of aliphatic hydroxyl groups excluding tert-OH is 2. The van der Waals surface area contributed by atoms with E-state index in [2.05, 4.69) is 37.2 Å². The second-order valence-electron chi connectivity index (χ2n) is 9.70. The van der Waals surface area contributed by atoms with E-state index < -0.39 is 6.10 Å². The fourth-order valence-electron chi connectivity index (χ4n) is 4.89. The molecule has 1 aliphatic heterocycles. The lowest BCUT2D eigenvalue weighted by Gasteiger charge is -2.34. The van der Waals surface area contributed by atoms with Crippen molar-refractivity contribution in [3.63, 3.8) is 0 Å². The SMILES string of the molecule is CC(O)c1cc2cnc(Nc3ccc(CN4CCN(CCO)CC4)cn3)nc2c(C2=CCCCC2)n1. The van der Waals surface area contributed by atoms with Crippen LogP contribution in [-0.2, 0) is 6.54 Å². The van der Waals surface area contributed by atoms with Crippen molar-refractivity contribution in [2.45, 2.75) is 45.3 Å². The van der Waals surface area contributed by atoms with E-state index in [1.165, 1.54) is 12.0 Å². The number of aliphatic hydroxyl groups is 2. The predicted molar refractivity (Wildman–Crippen MR) is 141 cm³/mol. The summed E-state index contributed by atoms with van der Waals surface area (Å²) >= 11 is 0. The lowest BCUT2D eigenvalue weighted by molar-refractivity contribution is 0.108. The van der Waals surface area contributed by atoms with Gasteiger partial charge in [-0.15, -0.1) is 0 Å². The van der Waals surface area contributed by atoms with Gasteiger partial charge in [-0.05, 0) is 55.9 Å². The highest BCUT2D eigenvalue weighted by atomic mass is 16.3. The van der Waals surface area contributed by atoms with Crippen molar-refractivity contribution in [2.75, 3.05) is 44.6 Å². The van der Waals surface area contributed by atoms with Gasteiger partial charge in [-0.25, -0.2) is 19.9 Å². The minimum absolute atomic E-state index is 0.220. The number of fused-ring (bicyclic) bond motifs is 1. The van der Waals surface area contributed by atoms with Gasteiger partial charge in [-0.3, -0.25) is 9.80 Å². The first-order valence-electron chi connectivity index (χ1n) is 12.9. The van der Waals surface area contributed by atoms with Crippen LogP contribution in [-0.4, -0.2) is 79.3 Å². The number of hydrogen-bond donors (Lipinski definition) is 3. The first-order valence-corrected chi connectivity index (χ1v) is 12.9. The Hall–Kier alpha value is -2.98. The molecule has 0 aromatic carbocycles. The van der Waals surface area contributed by atoms with Crippen LogP contribution in [0.25, 0.3) is 16.5 Å². The third-order valence-corrected chi connectivity index (χ3v) is 6.96. The maximum atomic E-state index is 10.2. The van der Waals surface area contributed by atoms with Crippen molar-refractivity contribution in [2.24, 2.45) is 0 Å². The smallest absolute Gasteiger partial charge is 0.228 e. The van der Waals surface area contributed by atoms with Crippen LogP contribution in [0, 0.1) is 0 Å². The molecule has 0 saturated carbocycles. The summed E-state index contributed by atoms with van der Waals surface area (Å²) in [5, 5.41) is 23.4. The van der Waals surface area contributed by atoms with Crippen LogP contribution in [0.4, 0.5) is 11.8 Å². The number of nitrogens with zero attached hydrogens (tertiary/aromatic N) is 6. The van der Waals surface area contributed by atoms with Crippen molar-refractivity contribution in [1.29, 1.82) is 0 Å². The average Bonchev–Trinajstić information content (AvgIpc) is 2.91. The fourth-order valence-corrected chi connectivity index (χ4v) is 4.89. The number of piperazine rings is 1. The van der Waals surface area contributed by atoms with Crippen molar-refractivity contribution < 1.29 is 10.2 Å². The Morgan fingerprint density at radius 2 is 1.86 bits per heavy atom. The van der Waals surface area contributed by atoms with E-state index >= 15 is 0 Å². The molecule has 9 nitrogen and oxygen atoms in total. The fraction of sp³-hybridized carbons (Fsp3) is 0.481. The van der Waals surface area contributed by atoms with Crippen molar-refractivity contribution in [3.8, 4) is 0 Å². The van der Waals surface area contributed by atoms with Crippen LogP contribution in [0.3, 0.4) is 0 Å². The van der Waals surface area contributed by atoms with E-state index in [1.807, 2.05) is 18.3 Å². The topological polar surface area (TPSA) is 111 Å². The highest BCUT2D eigenvalue weighted by molar-refractivity contribution is 5.90. The molecule has 1 fully saturated rings. The van der Waals surface area contributed by atoms with Crippen LogP contribution in [0.2, 0.25) is 0 Å². The van der Waals surface area contributed by atoms with E-state index in [9.17, 15) is 5.11 Å². The molecule has 9 heteroatoms. The van der Waals surface area contributed by atoms with Crippen LogP contribution in [0.15, 0.2) is 36.7 Å². The quantitative estimate of drug-likeness (QED) is 0.439. The Balaban J connectivity index is 1.31. The first-order chi connectivity index (χ1) is 17.6. The molecule has 3 N–H and O–H groups in total. The Bertz CT molecular complexity index is 1200. The third-order valence-electron chi connectivity index (χ3n) is 6.96. The summed E-state index contributed by atoms with van der Waals surface area (Å²) in [4.78, 5) is 23.4. The zero-order chi connectivity index (χ0) is 24.9. The molecule has 3 aromatic rings. The standard InChI is InChI=1S/C27H35N7O2/c1-19(36)23-15-22-17-29-27(32-26(22)25(30-23)21-5-3-2-4-6-21)31-24-8-7-20(16-28-24)18-34-11-9-33(10-12-34)13-14-35/h5,7-8,15-17,19,35-36H,2-4,6,9-14,18H2,1H3,(H,28,29,31,32). The van der Waals surface area contributed by atoms with Gasteiger partial charge in [0, 0.05) is 57.0 Å². The summed E-state index contributed by atoms with van der Waals surface area (Å²) < 4.78 is 0. The number of pyridine rings is 2. The molecular weight excluding hydrogens is 454 g/mol. The van der Waals surface area contributed by atoms with Gasteiger partial charge in [0.2, 0.25) is 5.95 Å². The Labute approximate surface area is 211 Å². The molecule has 1 atom stereocenters. The summed E-state index contributed by atoms with van der Waals surface area (Å²) in [5.74, 6) is 1.17. The van der Waals surface area contributed by atoms with E-state index in [-0.39, 0.29) is 6.61 Å². The number of anilines is 2. The predicted octanol–water partition coefficient (Wildman–Crippen LogP) is 3.28. The highest BCUT2D eigenvalue weighted by Crippen LogP contribution is 2.31. The summed E-state index contributed by atoms with van der Waals surface area (Å²) in [7, 11) is 0. The van der Waals surface area contributed by atoms with Crippen molar-refractivity contribution in [3.05, 3.63) is 53.6 Å². The molecule has 4 heterocycles. The molecule has 1 aliphatic carbocycles. The van der Waals surface area contributed by atoms with Gasteiger partial charge in [0.1, 0.15) is 11.3 Å². The van der Waals surface area contributed by atoms with Gasteiger partial charge in [-0.1, -0.05) is 12.1 Å². The summed E-state index contributed by atoms with van der Waals surface area (Å²) in [6, 6.07) is 5.92. The molecule has 0 spiro atoms. The number of aromatic nitrogens is 4. The summed E-state index contributed by atoms with van der Waals surface area (Å²) in [5.41, 5.74) is 4.63. The molecule has 0 radical (unpaired) electrons. The van der Waals surface area contributed by atoms with Crippen LogP contribution < -0.4 is 5.32 Å².